The van der Waals surface area contributed by atoms with Crippen molar-refractivity contribution in [2.75, 3.05) is 7.11 Å². The molecule has 2 aromatic carbocycles. The van der Waals surface area contributed by atoms with Crippen molar-refractivity contribution in [1.82, 2.24) is 0 Å². The fraction of sp³-hybridized carbons (Fsp3) is 0.278. The molecule has 0 bridgehead atoms. The van der Waals surface area contributed by atoms with Crippen molar-refractivity contribution in [2.24, 2.45) is 0 Å². The molecule has 21 heavy (non-hydrogen) atoms. The van der Waals surface area contributed by atoms with Gasteiger partial charge in [-0.1, -0.05) is 43.3 Å². The summed E-state index contributed by atoms with van der Waals surface area (Å²) in [5.74, 6) is 0.381. The van der Waals surface area contributed by atoms with E-state index in [0.29, 0.717) is 6.42 Å². The summed E-state index contributed by atoms with van der Waals surface area (Å²) in [5.41, 5.74) is 3.27. The third-order valence-corrected chi connectivity index (χ3v) is 3.90. The average molecular weight is 303 g/mol. The topological polar surface area (TPSA) is 26.3 Å². The lowest BCUT2D eigenvalue weighted by atomic mass is 9.92. The quantitative estimate of drug-likeness (QED) is 0.742. The maximum absolute atomic E-state index is 11.8. The molecule has 2 aromatic rings. The zero-order chi connectivity index (χ0) is 15.2. The van der Waals surface area contributed by atoms with E-state index in [1.807, 2.05) is 24.3 Å². The molecule has 0 saturated heterocycles. The maximum atomic E-state index is 11.8. The van der Waals surface area contributed by atoms with Gasteiger partial charge in [0.25, 0.3) is 0 Å². The molecule has 0 radical (unpaired) electrons. The first-order chi connectivity index (χ1) is 10.1. The minimum atomic E-state index is -0.353. The van der Waals surface area contributed by atoms with Gasteiger partial charge in [0.15, 0.2) is 0 Å². The van der Waals surface area contributed by atoms with Crippen LogP contribution < -0.4 is 4.74 Å². The van der Waals surface area contributed by atoms with Crippen LogP contribution in [0, 0.1) is 0 Å². The van der Waals surface area contributed by atoms with Crippen LogP contribution in [-0.4, -0.2) is 12.4 Å². The molecule has 1 atom stereocenters. The van der Waals surface area contributed by atoms with Crippen LogP contribution in [0.1, 0.15) is 29.5 Å². The lowest BCUT2D eigenvalue weighted by Crippen LogP contribution is -2.10. The Kier molecular flexibility index (Phi) is 5.40. The summed E-state index contributed by atoms with van der Waals surface area (Å²) in [4.78, 5) is 11.8. The Morgan fingerprint density at radius 1 is 1.14 bits per heavy atom. The number of halogens is 1. The minimum Gasteiger partial charge on any atom is -0.497 e. The summed E-state index contributed by atoms with van der Waals surface area (Å²) in [6, 6.07) is 15.8. The fourth-order valence-electron chi connectivity index (χ4n) is 2.33. The predicted molar refractivity (Wildman–Crippen MR) is 86.1 cm³/mol. The molecule has 0 spiro atoms. The molecule has 110 valence electrons. The molecular weight excluding hydrogens is 284 g/mol. The summed E-state index contributed by atoms with van der Waals surface area (Å²) >= 11 is 5.80. The molecule has 1 unspecified atom stereocenters. The van der Waals surface area contributed by atoms with Crippen molar-refractivity contribution in [3.8, 4) is 5.75 Å². The van der Waals surface area contributed by atoms with Gasteiger partial charge in [0, 0.05) is 0 Å². The number of carbonyl (C=O) groups is 1. The van der Waals surface area contributed by atoms with Gasteiger partial charge in [0.05, 0.1) is 13.0 Å². The number of hydrogen-bond acceptors (Lipinski definition) is 2. The molecule has 3 heteroatoms. The fourth-order valence-corrected chi connectivity index (χ4v) is 2.54. The lowest BCUT2D eigenvalue weighted by Gasteiger charge is -2.14. The Morgan fingerprint density at radius 3 is 2.38 bits per heavy atom. The Hall–Kier alpha value is -1.80. The van der Waals surface area contributed by atoms with Gasteiger partial charge in [-0.05, 0) is 53.3 Å². The molecule has 0 aliphatic rings. The highest BCUT2D eigenvalue weighted by Crippen LogP contribution is 2.26. The number of carbonyl (C=O) groups excluding carboxylic acids is 1. The second-order valence-corrected chi connectivity index (χ2v) is 5.38. The van der Waals surface area contributed by atoms with Crippen molar-refractivity contribution in [2.45, 2.75) is 25.7 Å². The Labute approximate surface area is 130 Å². The Balaban J connectivity index is 2.23. The van der Waals surface area contributed by atoms with Crippen LogP contribution in [0.5, 0.6) is 5.75 Å². The lowest BCUT2D eigenvalue weighted by molar-refractivity contribution is -0.113. The largest absolute Gasteiger partial charge is 0.497 e. The van der Waals surface area contributed by atoms with Crippen LogP contribution in [0.2, 0.25) is 0 Å². The normalized spacial score (nSPS) is 12.0. The maximum Gasteiger partial charge on any atom is 0.229 e. The molecule has 0 aliphatic carbocycles. The summed E-state index contributed by atoms with van der Waals surface area (Å²) in [7, 11) is 1.61. The molecular formula is C18H19ClO2. The van der Waals surface area contributed by atoms with Crippen molar-refractivity contribution in [3.05, 3.63) is 65.2 Å². The van der Waals surface area contributed by atoms with Crippen LogP contribution in [0.3, 0.4) is 0 Å². The molecule has 0 aromatic heterocycles. The van der Waals surface area contributed by atoms with E-state index in [2.05, 4.69) is 31.2 Å². The van der Waals surface area contributed by atoms with Gasteiger partial charge < -0.3 is 4.74 Å². The Bertz CT molecular complexity index is 605. The molecule has 2 rings (SSSR count). The third kappa shape index (κ3) is 4.08. The van der Waals surface area contributed by atoms with Gasteiger partial charge in [-0.2, -0.15) is 0 Å². The number of methoxy groups -OCH3 is 1. The van der Waals surface area contributed by atoms with Gasteiger partial charge in [-0.25, -0.2) is 0 Å². The van der Waals surface area contributed by atoms with Crippen molar-refractivity contribution in [1.29, 1.82) is 0 Å². The van der Waals surface area contributed by atoms with Gasteiger partial charge in [0.1, 0.15) is 5.75 Å². The molecule has 0 N–H and O–H groups in total. The van der Waals surface area contributed by atoms with Gasteiger partial charge in [-0.3, -0.25) is 4.79 Å². The second kappa shape index (κ2) is 7.28. The SMILES string of the molecule is CCc1ccc(CC(C(=O)Cl)c2cccc(OC)c2)cc1. The molecule has 0 fully saturated rings. The summed E-state index contributed by atoms with van der Waals surface area (Å²) in [6.07, 6.45) is 1.60. The molecule has 0 amide bonds. The number of benzene rings is 2. The zero-order valence-electron chi connectivity index (χ0n) is 12.3. The number of aryl methyl sites for hydroxylation is 1. The summed E-state index contributed by atoms with van der Waals surface area (Å²) in [5, 5.41) is -0.345. The summed E-state index contributed by atoms with van der Waals surface area (Å²) in [6.45, 7) is 2.12. The van der Waals surface area contributed by atoms with E-state index in [1.165, 1.54) is 5.56 Å². The number of hydrogen-bond donors (Lipinski definition) is 0. The van der Waals surface area contributed by atoms with Gasteiger partial charge in [-0.15, -0.1) is 0 Å². The monoisotopic (exact) mass is 302 g/mol. The van der Waals surface area contributed by atoms with Gasteiger partial charge in [0.2, 0.25) is 5.24 Å². The van der Waals surface area contributed by atoms with Crippen LogP contribution in [0.15, 0.2) is 48.5 Å². The third-order valence-electron chi connectivity index (χ3n) is 3.64. The van der Waals surface area contributed by atoms with E-state index in [9.17, 15) is 4.79 Å². The van der Waals surface area contributed by atoms with E-state index in [0.717, 1.165) is 23.3 Å². The van der Waals surface area contributed by atoms with E-state index in [-0.39, 0.29) is 11.2 Å². The Morgan fingerprint density at radius 2 is 1.81 bits per heavy atom. The van der Waals surface area contributed by atoms with E-state index >= 15 is 0 Å². The van der Waals surface area contributed by atoms with E-state index in [4.69, 9.17) is 16.3 Å². The first kappa shape index (κ1) is 15.6. The van der Waals surface area contributed by atoms with Crippen LogP contribution >= 0.6 is 11.6 Å². The second-order valence-electron chi connectivity index (χ2n) is 5.01. The minimum absolute atomic E-state index is 0.345. The first-order valence-corrected chi connectivity index (χ1v) is 7.43. The number of ether oxygens (including phenoxy) is 1. The first-order valence-electron chi connectivity index (χ1n) is 7.05. The molecule has 2 nitrogen and oxygen atoms in total. The van der Waals surface area contributed by atoms with Gasteiger partial charge >= 0.3 is 0 Å². The van der Waals surface area contributed by atoms with E-state index < -0.39 is 0 Å². The summed E-state index contributed by atoms with van der Waals surface area (Å²) < 4.78 is 5.21. The highest BCUT2D eigenvalue weighted by molar-refractivity contribution is 6.64. The van der Waals surface area contributed by atoms with Crippen molar-refractivity contribution < 1.29 is 9.53 Å². The molecule has 0 saturated carbocycles. The van der Waals surface area contributed by atoms with Crippen LogP contribution in [0.4, 0.5) is 0 Å². The highest BCUT2D eigenvalue weighted by atomic mass is 35.5. The average Bonchev–Trinajstić information content (AvgIpc) is 2.53. The zero-order valence-corrected chi connectivity index (χ0v) is 13.1. The standard InChI is InChI=1S/C18H19ClO2/c1-3-13-7-9-14(10-8-13)11-17(18(19)20)15-5-4-6-16(12-15)21-2/h4-10,12,17H,3,11H2,1-2H3. The molecule has 0 heterocycles. The highest BCUT2D eigenvalue weighted by Gasteiger charge is 2.19. The van der Waals surface area contributed by atoms with Crippen molar-refractivity contribution >= 4 is 16.8 Å². The van der Waals surface area contributed by atoms with Crippen LogP contribution in [-0.2, 0) is 17.6 Å². The molecule has 0 aliphatic heterocycles. The van der Waals surface area contributed by atoms with Crippen molar-refractivity contribution in [3.63, 3.8) is 0 Å². The predicted octanol–water partition coefficient (Wildman–Crippen LogP) is 4.35. The van der Waals surface area contributed by atoms with Crippen LogP contribution in [0.25, 0.3) is 0 Å². The smallest absolute Gasteiger partial charge is 0.229 e. The van der Waals surface area contributed by atoms with E-state index in [1.54, 1.807) is 7.11 Å². The number of rotatable bonds is 6.